The lowest BCUT2D eigenvalue weighted by Crippen LogP contribution is -2.45. The number of nitrogens with zero attached hydrogens (tertiary/aromatic N) is 3. The van der Waals surface area contributed by atoms with Crippen LogP contribution in [0, 0.1) is 12.7 Å². The van der Waals surface area contributed by atoms with E-state index in [-0.39, 0.29) is 23.7 Å². The number of fused-ring (bicyclic) bond motifs is 1. The highest BCUT2D eigenvalue weighted by atomic mass is 35.5. The van der Waals surface area contributed by atoms with Gasteiger partial charge in [0, 0.05) is 31.9 Å². The molecular formula is C25H28ClFN6O2S. The number of thiophene rings is 1. The van der Waals surface area contributed by atoms with Gasteiger partial charge in [-0.25, -0.2) is 19.0 Å². The minimum Gasteiger partial charge on any atom is -0.373 e. The van der Waals surface area contributed by atoms with Crippen molar-refractivity contribution >= 4 is 62.9 Å². The van der Waals surface area contributed by atoms with Crippen molar-refractivity contribution in [2.24, 2.45) is 0 Å². The number of halogens is 2. The van der Waals surface area contributed by atoms with Crippen molar-refractivity contribution in [3.63, 3.8) is 0 Å². The molecule has 3 heterocycles. The van der Waals surface area contributed by atoms with Crippen LogP contribution in [0.3, 0.4) is 0 Å². The van der Waals surface area contributed by atoms with Crippen LogP contribution < -0.4 is 25.8 Å². The van der Waals surface area contributed by atoms with Gasteiger partial charge in [0.15, 0.2) is 0 Å². The van der Waals surface area contributed by atoms with Gasteiger partial charge < -0.3 is 10.6 Å². The highest BCUT2D eigenvalue weighted by molar-refractivity contribution is 7.15. The summed E-state index contributed by atoms with van der Waals surface area (Å²) in [6.45, 7) is 8.06. The van der Waals surface area contributed by atoms with Crippen molar-refractivity contribution < 1.29 is 14.0 Å². The minimum atomic E-state index is -0.635. The van der Waals surface area contributed by atoms with E-state index in [1.807, 2.05) is 26.2 Å². The van der Waals surface area contributed by atoms with Gasteiger partial charge in [-0.05, 0) is 41.0 Å². The van der Waals surface area contributed by atoms with Gasteiger partial charge in [0.1, 0.15) is 16.6 Å². The van der Waals surface area contributed by atoms with Crippen LogP contribution in [-0.2, 0) is 12.0 Å². The molecule has 2 aromatic heterocycles. The Bertz CT molecular complexity index is 1350. The van der Waals surface area contributed by atoms with Crippen LogP contribution in [0.15, 0.2) is 29.8 Å². The first kappa shape index (κ1) is 25.7. The summed E-state index contributed by atoms with van der Waals surface area (Å²) in [5, 5.41) is 11.1. The van der Waals surface area contributed by atoms with Crippen LogP contribution in [0.1, 0.15) is 37.5 Å². The number of carbonyl (C=O) groups is 2. The van der Waals surface area contributed by atoms with Crippen LogP contribution in [0.4, 0.5) is 41.9 Å². The number of pyridine rings is 1. The second-order valence-corrected chi connectivity index (χ2v) is 10.9. The molecular weight excluding hydrogens is 503 g/mol. The zero-order valence-corrected chi connectivity index (χ0v) is 22.5. The normalized spacial score (nSPS) is 13.5. The molecule has 0 spiro atoms. The monoisotopic (exact) mass is 530 g/mol. The SMILES string of the molecule is CNc1cc2c(cn1)CN(c1cc(NC(=O)Nc3scc(C(C)(C)C)c3Cl)c(F)cc1C)C(=O)N2C. The molecule has 3 aromatic rings. The summed E-state index contributed by atoms with van der Waals surface area (Å²) in [4.78, 5) is 33.3. The third kappa shape index (κ3) is 4.83. The summed E-state index contributed by atoms with van der Waals surface area (Å²) in [6, 6.07) is 3.66. The van der Waals surface area contributed by atoms with E-state index >= 15 is 0 Å². The Morgan fingerprint density at radius 3 is 2.56 bits per heavy atom. The predicted molar refractivity (Wildman–Crippen MR) is 146 cm³/mol. The second-order valence-electron chi connectivity index (χ2n) is 9.62. The van der Waals surface area contributed by atoms with Gasteiger partial charge in [0.2, 0.25) is 0 Å². The first-order chi connectivity index (χ1) is 16.9. The van der Waals surface area contributed by atoms with Crippen molar-refractivity contribution in [2.45, 2.75) is 39.7 Å². The van der Waals surface area contributed by atoms with Gasteiger partial charge in [-0.2, -0.15) is 0 Å². The number of hydrogen-bond acceptors (Lipinski definition) is 5. The third-order valence-electron chi connectivity index (χ3n) is 6.02. The van der Waals surface area contributed by atoms with E-state index in [2.05, 4.69) is 20.9 Å². The highest BCUT2D eigenvalue weighted by Gasteiger charge is 2.31. The number of hydrogen-bond donors (Lipinski definition) is 3. The molecule has 0 radical (unpaired) electrons. The lowest BCUT2D eigenvalue weighted by molar-refractivity contribution is 0.251. The van der Waals surface area contributed by atoms with Gasteiger partial charge in [0.25, 0.3) is 0 Å². The number of anilines is 5. The fourth-order valence-corrected chi connectivity index (χ4v) is 5.65. The van der Waals surface area contributed by atoms with E-state index in [0.29, 0.717) is 27.1 Å². The van der Waals surface area contributed by atoms with Gasteiger partial charge in [0.05, 0.1) is 28.6 Å². The first-order valence-electron chi connectivity index (χ1n) is 11.3. The van der Waals surface area contributed by atoms with Gasteiger partial charge in [-0.3, -0.25) is 15.1 Å². The maximum atomic E-state index is 14.8. The fraction of sp³-hybridized carbons (Fsp3) is 0.320. The molecule has 1 aliphatic heterocycles. The molecule has 4 amide bonds. The number of nitrogens with one attached hydrogen (secondary N) is 3. The van der Waals surface area contributed by atoms with Crippen LogP contribution in [0.25, 0.3) is 0 Å². The molecule has 0 saturated carbocycles. The second kappa shape index (κ2) is 9.59. The van der Waals surface area contributed by atoms with Crippen LogP contribution in [0.2, 0.25) is 5.02 Å². The zero-order valence-electron chi connectivity index (χ0n) is 20.9. The Hall–Kier alpha value is -3.37. The summed E-state index contributed by atoms with van der Waals surface area (Å²) >= 11 is 7.77. The van der Waals surface area contributed by atoms with Gasteiger partial charge >= 0.3 is 12.1 Å². The maximum absolute atomic E-state index is 14.8. The molecule has 1 aromatic carbocycles. The number of aromatic nitrogens is 1. The molecule has 0 bridgehead atoms. The van der Waals surface area contributed by atoms with Crippen LogP contribution >= 0.6 is 22.9 Å². The number of benzene rings is 1. The number of aryl methyl sites for hydroxylation is 1. The number of carbonyl (C=O) groups excluding carboxylic acids is 2. The Kier molecular flexibility index (Phi) is 6.85. The Morgan fingerprint density at radius 1 is 1.19 bits per heavy atom. The standard InChI is InChI=1S/C25H28ClFN6O2S/c1-13-7-16(27)17(30-23(34)31-22-21(26)15(12-36-22)25(2,3)4)8-18(13)33-11-14-10-29-20(28-5)9-19(14)32(6)24(33)35/h7-10,12H,11H2,1-6H3,(H,28,29)(H2,30,31,34). The smallest absolute Gasteiger partial charge is 0.329 e. The summed E-state index contributed by atoms with van der Waals surface area (Å²) in [6.07, 6.45) is 1.71. The lowest BCUT2D eigenvalue weighted by Gasteiger charge is -2.36. The Balaban J connectivity index is 1.59. The quantitative estimate of drug-likeness (QED) is 0.346. The van der Waals surface area contributed by atoms with E-state index in [4.69, 9.17) is 11.6 Å². The molecule has 0 aliphatic carbocycles. The topological polar surface area (TPSA) is 89.6 Å². The van der Waals surface area contributed by atoms with E-state index < -0.39 is 11.8 Å². The highest BCUT2D eigenvalue weighted by Crippen LogP contribution is 2.40. The molecule has 0 atom stereocenters. The van der Waals surface area contributed by atoms with Crippen molar-refractivity contribution in [1.29, 1.82) is 0 Å². The molecule has 0 fully saturated rings. The van der Waals surface area contributed by atoms with E-state index in [9.17, 15) is 14.0 Å². The molecule has 4 rings (SSSR count). The molecule has 0 unspecified atom stereocenters. The number of rotatable bonds is 4. The molecule has 190 valence electrons. The maximum Gasteiger partial charge on any atom is 0.329 e. The first-order valence-corrected chi connectivity index (χ1v) is 12.5. The van der Waals surface area contributed by atoms with Crippen molar-refractivity contribution in [1.82, 2.24) is 4.98 Å². The molecule has 11 heteroatoms. The van der Waals surface area contributed by atoms with Crippen molar-refractivity contribution in [3.8, 4) is 0 Å². The summed E-state index contributed by atoms with van der Waals surface area (Å²) in [7, 11) is 3.43. The third-order valence-corrected chi connectivity index (χ3v) is 7.42. The van der Waals surface area contributed by atoms with Crippen LogP contribution in [0.5, 0.6) is 0 Å². The van der Waals surface area contributed by atoms with E-state index in [1.165, 1.54) is 33.3 Å². The summed E-state index contributed by atoms with van der Waals surface area (Å²) < 4.78 is 14.8. The molecule has 1 aliphatic rings. The fourth-order valence-electron chi connectivity index (χ4n) is 3.99. The minimum absolute atomic E-state index is 0.0540. The Labute approximate surface area is 218 Å². The average molecular weight is 531 g/mol. The van der Waals surface area contributed by atoms with Crippen molar-refractivity contribution in [3.05, 3.63) is 57.3 Å². The predicted octanol–water partition coefficient (Wildman–Crippen LogP) is 6.80. The lowest BCUT2D eigenvalue weighted by atomic mass is 9.89. The Morgan fingerprint density at radius 2 is 1.92 bits per heavy atom. The average Bonchev–Trinajstić information content (AvgIpc) is 3.18. The molecule has 3 N–H and O–H groups in total. The van der Waals surface area contributed by atoms with Gasteiger partial charge in [-0.1, -0.05) is 32.4 Å². The van der Waals surface area contributed by atoms with E-state index in [1.54, 1.807) is 33.3 Å². The van der Waals surface area contributed by atoms with Crippen molar-refractivity contribution in [2.75, 3.05) is 39.8 Å². The summed E-state index contributed by atoms with van der Waals surface area (Å²) in [5.74, 6) is 0.0374. The van der Waals surface area contributed by atoms with Crippen LogP contribution in [-0.4, -0.2) is 31.1 Å². The molecule has 36 heavy (non-hydrogen) atoms. The molecule has 0 saturated heterocycles. The number of amides is 4. The molecule has 8 nitrogen and oxygen atoms in total. The summed E-state index contributed by atoms with van der Waals surface area (Å²) in [5.41, 5.74) is 3.30. The largest absolute Gasteiger partial charge is 0.373 e. The van der Waals surface area contributed by atoms with Gasteiger partial charge in [-0.15, -0.1) is 11.3 Å². The zero-order chi connectivity index (χ0) is 26.4. The number of urea groups is 2. The van der Waals surface area contributed by atoms with E-state index in [0.717, 1.165) is 16.8 Å².